The van der Waals surface area contributed by atoms with Crippen LogP contribution >= 0.6 is 0 Å². The first kappa shape index (κ1) is 6.71. The van der Waals surface area contributed by atoms with Crippen molar-refractivity contribution in [1.29, 1.82) is 0 Å². The van der Waals surface area contributed by atoms with Gasteiger partial charge in [-0.05, 0) is 30.0 Å². The minimum atomic E-state index is 0.714. The molecule has 0 aliphatic heterocycles. The van der Waals surface area contributed by atoms with E-state index < -0.39 is 0 Å². The molecule has 1 nitrogen and oxygen atoms in total. The number of hydrogen-bond donors (Lipinski definition) is 1. The van der Waals surface area contributed by atoms with Gasteiger partial charge < -0.3 is 4.98 Å². The highest BCUT2D eigenvalue weighted by Crippen LogP contribution is 2.07. The molecule has 1 N–H and O–H groups in total. The van der Waals surface area contributed by atoms with Crippen LogP contribution in [0.1, 0.15) is 19.8 Å². The minimum absolute atomic E-state index is 0.714. The molecular weight excluding hydrogens is 134 g/mol. The summed E-state index contributed by atoms with van der Waals surface area (Å²) in [7, 11) is 0. The van der Waals surface area contributed by atoms with Crippen LogP contribution in [-0.4, -0.2) is 4.98 Å². The van der Waals surface area contributed by atoms with Crippen LogP contribution in [0.15, 0.2) is 12.3 Å². The molecule has 1 aliphatic carbocycles. The van der Waals surface area contributed by atoms with E-state index in [2.05, 4.69) is 30.1 Å². The lowest BCUT2D eigenvalue weighted by atomic mass is 10.1. The van der Waals surface area contributed by atoms with Crippen molar-refractivity contribution in [3.8, 4) is 0 Å². The Morgan fingerprint density at radius 3 is 3.36 bits per heavy atom. The van der Waals surface area contributed by atoms with Crippen LogP contribution in [0, 0.1) is 5.92 Å². The Bertz CT molecular complexity index is 345. The number of aromatic nitrogens is 1. The van der Waals surface area contributed by atoms with Crippen LogP contribution < -0.4 is 10.6 Å². The van der Waals surface area contributed by atoms with Crippen LogP contribution in [0.2, 0.25) is 0 Å². The van der Waals surface area contributed by atoms with Gasteiger partial charge in [0.15, 0.2) is 0 Å². The predicted octanol–water partition coefficient (Wildman–Crippen LogP) is 1.01. The molecule has 1 atom stereocenters. The Morgan fingerprint density at radius 2 is 2.45 bits per heavy atom. The maximum absolute atomic E-state index is 3.24. The fourth-order valence-corrected chi connectivity index (χ4v) is 1.59. The molecule has 0 spiro atoms. The first-order valence-electron chi connectivity index (χ1n) is 4.22. The third-order valence-electron chi connectivity index (χ3n) is 2.25. The Hall–Kier alpha value is -0.980. The van der Waals surface area contributed by atoms with Crippen molar-refractivity contribution in [1.82, 2.24) is 4.98 Å². The van der Waals surface area contributed by atoms with Gasteiger partial charge in [0, 0.05) is 11.5 Å². The largest absolute Gasteiger partial charge is 0.361 e. The van der Waals surface area contributed by atoms with Gasteiger partial charge in [-0.3, -0.25) is 0 Å². The van der Waals surface area contributed by atoms with Crippen LogP contribution in [0.3, 0.4) is 0 Å². The van der Waals surface area contributed by atoms with E-state index >= 15 is 0 Å². The van der Waals surface area contributed by atoms with E-state index in [-0.39, 0.29) is 0 Å². The summed E-state index contributed by atoms with van der Waals surface area (Å²) in [6.07, 6.45) is 9.13. The van der Waals surface area contributed by atoms with Crippen molar-refractivity contribution in [2.45, 2.75) is 19.8 Å². The zero-order valence-corrected chi connectivity index (χ0v) is 6.80. The van der Waals surface area contributed by atoms with E-state index in [0.29, 0.717) is 5.92 Å². The molecule has 0 bridgehead atoms. The quantitative estimate of drug-likeness (QED) is 0.563. The lowest BCUT2D eigenvalue weighted by Crippen LogP contribution is -2.21. The van der Waals surface area contributed by atoms with Gasteiger partial charge in [0.05, 0.1) is 0 Å². The highest BCUT2D eigenvalue weighted by atomic mass is 14.6. The number of hydrogen-bond acceptors (Lipinski definition) is 0. The lowest BCUT2D eigenvalue weighted by Gasteiger charge is -1.98. The molecule has 0 amide bonds. The van der Waals surface area contributed by atoms with Gasteiger partial charge in [0.1, 0.15) is 0 Å². The van der Waals surface area contributed by atoms with Gasteiger partial charge in [-0.2, -0.15) is 0 Å². The van der Waals surface area contributed by atoms with Crippen molar-refractivity contribution in [3.05, 3.63) is 22.8 Å². The van der Waals surface area contributed by atoms with Gasteiger partial charge in [-0.15, -0.1) is 0 Å². The predicted molar refractivity (Wildman–Crippen MR) is 47.4 cm³/mol. The Morgan fingerprint density at radius 1 is 1.55 bits per heavy atom. The van der Waals surface area contributed by atoms with Gasteiger partial charge in [0.25, 0.3) is 0 Å². The molecule has 1 aliphatic rings. The first-order chi connectivity index (χ1) is 5.36. The van der Waals surface area contributed by atoms with Gasteiger partial charge in [-0.1, -0.05) is 19.1 Å². The second-order valence-corrected chi connectivity index (χ2v) is 3.27. The SMILES string of the molecule is CC1C=c2[nH]ccc2=CCC1. The second kappa shape index (κ2) is 2.57. The molecule has 0 saturated heterocycles. The van der Waals surface area contributed by atoms with Crippen LogP contribution in [-0.2, 0) is 0 Å². The number of fused-ring (bicyclic) bond motifs is 1. The van der Waals surface area contributed by atoms with Gasteiger partial charge in [0.2, 0.25) is 0 Å². The van der Waals surface area contributed by atoms with Gasteiger partial charge in [-0.25, -0.2) is 0 Å². The Kier molecular flexibility index (Phi) is 1.57. The highest BCUT2D eigenvalue weighted by molar-refractivity contribution is 5.33. The number of rotatable bonds is 0. The summed E-state index contributed by atoms with van der Waals surface area (Å²) >= 11 is 0. The molecule has 2 rings (SSSR count). The normalized spacial score (nSPS) is 22.8. The molecule has 0 saturated carbocycles. The standard InChI is InChI=1S/C10H13N/c1-8-3-2-4-9-5-6-11-10(9)7-8/h4-8,11H,2-3H2,1H3. The number of H-pyrrole nitrogens is 1. The zero-order chi connectivity index (χ0) is 7.68. The Labute approximate surface area is 66.4 Å². The van der Waals surface area contributed by atoms with E-state index in [1.54, 1.807) is 0 Å². The zero-order valence-electron chi connectivity index (χ0n) is 6.80. The summed E-state index contributed by atoms with van der Waals surface area (Å²) in [5, 5.41) is 2.67. The molecule has 1 heteroatoms. The molecule has 0 aromatic carbocycles. The maximum atomic E-state index is 3.24. The average Bonchev–Trinajstić information content (AvgIpc) is 2.31. The molecule has 1 aromatic rings. The summed E-state index contributed by atoms with van der Waals surface area (Å²) in [6.45, 7) is 2.27. The third kappa shape index (κ3) is 1.23. The molecule has 1 heterocycles. The molecule has 1 aromatic heterocycles. The van der Waals surface area contributed by atoms with E-state index in [1.165, 1.54) is 23.4 Å². The topological polar surface area (TPSA) is 15.8 Å². The van der Waals surface area contributed by atoms with E-state index in [9.17, 15) is 0 Å². The van der Waals surface area contributed by atoms with Crippen LogP contribution in [0.4, 0.5) is 0 Å². The van der Waals surface area contributed by atoms with E-state index in [0.717, 1.165) is 0 Å². The molecule has 0 radical (unpaired) electrons. The minimum Gasteiger partial charge on any atom is -0.361 e. The summed E-state index contributed by atoms with van der Waals surface area (Å²) in [4.78, 5) is 3.24. The monoisotopic (exact) mass is 147 g/mol. The van der Waals surface area contributed by atoms with Crippen LogP contribution in [0.25, 0.3) is 12.2 Å². The summed E-state index contributed by atoms with van der Waals surface area (Å²) < 4.78 is 0. The first-order valence-corrected chi connectivity index (χ1v) is 4.22. The van der Waals surface area contributed by atoms with Crippen molar-refractivity contribution in [2.75, 3.05) is 0 Å². The fourth-order valence-electron chi connectivity index (χ4n) is 1.59. The highest BCUT2D eigenvalue weighted by Gasteiger charge is 2.00. The molecular formula is C10H13N. The lowest BCUT2D eigenvalue weighted by molar-refractivity contribution is 0.704. The van der Waals surface area contributed by atoms with E-state index in [1.807, 2.05) is 6.20 Å². The summed E-state index contributed by atoms with van der Waals surface area (Å²) in [6, 6.07) is 2.14. The van der Waals surface area contributed by atoms with Crippen molar-refractivity contribution < 1.29 is 0 Å². The van der Waals surface area contributed by atoms with Crippen LogP contribution in [0.5, 0.6) is 0 Å². The number of aromatic amines is 1. The average molecular weight is 147 g/mol. The van der Waals surface area contributed by atoms with Crippen molar-refractivity contribution in [3.63, 3.8) is 0 Å². The van der Waals surface area contributed by atoms with Crippen molar-refractivity contribution in [2.24, 2.45) is 5.92 Å². The van der Waals surface area contributed by atoms with Gasteiger partial charge >= 0.3 is 0 Å². The van der Waals surface area contributed by atoms with E-state index in [4.69, 9.17) is 0 Å². The smallest absolute Gasteiger partial charge is 0.0412 e. The molecule has 11 heavy (non-hydrogen) atoms. The summed E-state index contributed by atoms with van der Waals surface area (Å²) in [5.74, 6) is 0.714. The molecule has 0 fully saturated rings. The molecule has 58 valence electrons. The third-order valence-corrected chi connectivity index (χ3v) is 2.25. The second-order valence-electron chi connectivity index (χ2n) is 3.27. The Balaban J connectivity index is 2.65. The van der Waals surface area contributed by atoms with Crippen molar-refractivity contribution >= 4 is 12.2 Å². The number of nitrogens with one attached hydrogen (secondary N) is 1. The molecule has 1 unspecified atom stereocenters. The summed E-state index contributed by atoms with van der Waals surface area (Å²) in [5.41, 5.74) is 0. The maximum Gasteiger partial charge on any atom is 0.0412 e. The fraction of sp³-hybridized carbons (Fsp3) is 0.400.